The fourth-order valence-electron chi connectivity index (χ4n) is 4.11. The van der Waals surface area contributed by atoms with Gasteiger partial charge in [-0.2, -0.15) is 0 Å². The lowest BCUT2D eigenvalue weighted by molar-refractivity contribution is -0.118. The fourth-order valence-corrected chi connectivity index (χ4v) is 4.11. The summed E-state index contributed by atoms with van der Waals surface area (Å²) in [6.45, 7) is 9.57. The van der Waals surface area contributed by atoms with Gasteiger partial charge in [0, 0.05) is 38.1 Å². The SMILES string of the molecule is CN/C=C\CC(C)(C=O)N1CCn2c(cc3c2CC(C)(C)C3)C1. The summed E-state index contributed by atoms with van der Waals surface area (Å²) in [5.74, 6) is 0. The van der Waals surface area contributed by atoms with Crippen LogP contribution in [0.5, 0.6) is 0 Å². The topological polar surface area (TPSA) is 37.3 Å². The first-order chi connectivity index (χ1) is 10.9. The second-order valence-electron chi connectivity index (χ2n) is 8.07. The molecule has 0 fully saturated rings. The van der Waals surface area contributed by atoms with Gasteiger partial charge in [-0.3, -0.25) is 4.90 Å². The first-order valence-electron chi connectivity index (χ1n) is 8.62. The molecule has 2 heterocycles. The standard InChI is InChI=1S/C19H29N3O/c1-18(2)11-15-10-16-13-21(8-9-22(16)17(15)12-18)19(3,14-23)6-5-7-20-4/h5,7,10,14,20H,6,8-9,11-13H2,1-4H3/b7-5-. The number of nitrogens with zero attached hydrogens (tertiary/aromatic N) is 2. The number of nitrogens with one attached hydrogen (secondary N) is 1. The molecule has 4 nitrogen and oxygen atoms in total. The lowest BCUT2D eigenvalue weighted by Crippen LogP contribution is -2.50. The molecule has 23 heavy (non-hydrogen) atoms. The van der Waals surface area contributed by atoms with E-state index in [1.165, 1.54) is 29.8 Å². The highest BCUT2D eigenvalue weighted by atomic mass is 16.1. The Labute approximate surface area is 139 Å². The van der Waals surface area contributed by atoms with E-state index in [2.05, 4.69) is 41.6 Å². The van der Waals surface area contributed by atoms with E-state index in [9.17, 15) is 4.79 Å². The first-order valence-corrected chi connectivity index (χ1v) is 8.62. The van der Waals surface area contributed by atoms with Gasteiger partial charge >= 0.3 is 0 Å². The van der Waals surface area contributed by atoms with E-state index in [-0.39, 0.29) is 0 Å². The molecule has 0 saturated heterocycles. The summed E-state index contributed by atoms with van der Waals surface area (Å²) in [5.41, 5.74) is 4.41. The predicted molar refractivity (Wildman–Crippen MR) is 93.3 cm³/mol. The van der Waals surface area contributed by atoms with Gasteiger partial charge in [0.2, 0.25) is 0 Å². The Morgan fingerprint density at radius 3 is 2.83 bits per heavy atom. The number of hydrogen-bond acceptors (Lipinski definition) is 3. The third kappa shape index (κ3) is 2.97. The van der Waals surface area contributed by atoms with Crippen molar-refractivity contribution in [1.82, 2.24) is 14.8 Å². The number of carbonyl (C=O) groups excluding carboxylic acids is 1. The minimum atomic E-state index is -0.424. The Balaban J connectivity index is 1.79. The van der Waals surface area contributed by atoms with Crippen molar-refractivity contribution < 1.29 is 4.79 Å². The minimum absolute atomic E-state index is 0.402. The Kier molecular flexibility index (Phi) is 4.13. The maximum atomic E-state index is 11.8. The summed E-state index contributed by atoms with van der Waals surface area (Å²) < 4.78 is 2.51. The van der Waals surface area contributed by atoms with Crippen molar-refractivity contribution in [2.75, 3.05) is 13.6 Å². The summed E-state index contributed by atoms with van der Waals surface area (Å²) in [6.07, 6.45) is 8.17. The molecule has 0 spiro atoms. The number of hydrogen-bond donors (Lipinski definition) is 1. The molecule has 0 bridgehead atoms. The van der Waals surface area contributed by atoms with Crippen LogP contribution in [0.4, 0.5) is 0 Å². The molecule has 1 atom stereocenters. The molecule has 1 unspecified atom stereocenters. The predicted octanol–water partition coefficient (Wildman–Crippen LogP) is 2.51. The summed E-state index contributed by atoms with van der Waals surface area (Å²) in [7, 11) is 1.88. The zero-order valence-corrected chi connectivity index (χ0v) is 14.9. The highest BCUT2D eigenvalue weighted by molar-refractivity contribution is 5.64. The lowest BCUT2D eigenvalue weighted by Gasteiger charge is -2.40. The van der Waals surface area contributed by atoms with Gasteiger partial charge in [0.25, 0.3) is 0 Å². The van der Waals surface area contributed by atoms with E-state index >= 15 is 0 Å². The van der Waals surface area contributed by atoms with Crippen LogP contribution in [0.2, 0.25) is 0 Å². The van der Waals surface area contributed by atoms with Crippen molar-refractivity contribution in [2.45, 2.75) is 58.7 Å². The van der Waals surface area contributed by atoms with Gasteiger partial charge in [0.15, 0.2) is 0 Å². The lowest BCUT2D eigenvalue weighted by atomic mass is 9.90. The van der Waals surface area contributed by atoms with Gasteiger partial charge in [-0.05, 0) is 49.4 Å². The van der Waals surface area contributed by atoms with Crippen LogP contribution in [0.15, 0.2) is 18.3 Å². The van der Waals surface area contributed by atoms with Gasteiger partial charge in [0.05, 0.1) is 5.54 Å². The van der Waals surface area contributed by atoms with Gasteiger partial charge in [-0.15, -0.1) is 0 Å². The molecule has 0 radical (unpaired) electrons. The second-order valence-corrected chi connectivity index (χ2v) is 8.07. The van der Waals surface area contributed by atoms with Crippen molar-refractivity contribution >= 4 is 6.29 Å². The molecular weight excluding hydrogens is 286 g/mol. The summed E-state index contributed by atoms with van der Waals surface area (Å²) in [6, 6.07) is 2.38. The first kappa shape index (κ1) is 16.3. The molecule has 0 amide bonds. The molecular formula is C19H29N3O. The third-order valence-corrected chi connectivity index (χ3v) is 5.44. The van der Waals surface area contributed by atoms with Crippen LogP contribution in [0.1, 0.15) is 44.1 Å². The van der Waals surface area contributed by atoms with Crippen molar-refractivity contribution in [1.29, 1.82) is 0 Å². The van der Waals surface area contributed by atoms with Crippen LogP contribution in [0.25, 0.3) is 0 Å². The number of carbonyl (C=O) groups is 1. The molecule has 1 aliphatic heterocycles. The van der Waals surface area contributed by atoms with Crippen molar-refractivity contribution in [3.8, 4) is 0 Å². The average molecular weight is 315 g/mol. The van der Waals surface area contributed by atoms with Crippen LogP contribution in [0.3, 0.4) is 0 Å². The van der Waals surface area contributed by atoms with Gasteiger partial charge in [-0.25, -0.2) is 0 Å². The molecule has 126 valence electrons. The van der Waals surface area contributed by atoms with E-state index in [4.69, 9.17) is 0 Å². The number of aldehydes is 1. The van der Waals surface area contributed by atoms with Crippen molar-refractivity contribution in [2.24, 2.45) is 5.41 Å². The second kappa shape index (κ2) is 5.82. The minimum Gasteiger partial charge on any atom is -0.394 e. The number of fused-ring (bicyclic) bond motifs is 3. The summed E-state index contributed by atoms with van der Waals surface area (Å²) >= 11 is 0. The summed E-state index contributed by atoms with van der Waals surface area (Å²) in [5, 5.41) is 3.00. The molecule has 0 saturated carbocycles. The Morgan fingerprint density at radius 2 is 2.13 bits per heavy atom. The molecule has 0 aromatic carbocycles. The molecule has 1 N–H and O–H groups in total. The average Bonchev–Trinajstić information content (AvgIpc) is 2.98. The zero-order chi connectivity index (χ0) is 16.7. The molecule has 2 aliphatic rings. The third-order valence-electron chi connectivity index (χ3n) is 5.44. The van der Waals surface area contributed by atoms with E-state index in [1.807, 2.05) is 19.3 Å². The van der Waals surface area contributed by atoms with Crippen molar-refractivity contribution in [3.63, 3.8) is 0 Å². The molecule has 1 aromatic rings. The van der Waals surface area contributed by atoms with Crippen LogP contribution in [-0.4, -0.2) is 34.9 Å². The smallest absolute Gasteiger partial charge is 0.140 e. The normalized spacial score (nSPS) is 22.6. The quantitative estimate of drug-likeness (QED) is 0.848. The maximum absolute atomic E-state index is 11.8. The van der Waals surface area contributed by atoms with E-state index in [0.717, 1.165) is 32.3 Å². The summed E-state index contributed by atoms with van der Waals surface area (Å²) in [4.78, 5) is 14.1. The van der Waals surface area contributed by atoms with E-state index in [0.29, 0.717) is 5.41 Å². The number of aromatic nitrogens is 1. The molecule has 1 aliphatic carbocycles. The number of rotatable bonds is 5. The highest BCUT2D eigenvalue weighted by Gasteiger charge is 2.37. The molecule has 1 aromatic heterocycles. The van der Waals surface area contributed by atoms with E-state index < -0.39 is 5.54 Å². The molecule has 3 rings (SSSR count). The van der Waals surface area contributed by atoms with Gasteiger partial charge in [0.1, 0.15) is 6.29 Å². The largest absolute Gasteiger partial charge is 0.394 e. The fraction of sp³-hybridized carbons (Fsp3) is 0.632. The van der Waals surface area contributed by atoms with Crippen molar-refractivity contribution in [3.05, 3.63) is 35.3 Å². The Morgan fingerprint density at radius 1 is 1.35 bits per heavy atom. The van der Waals surface area contributed by atoms with Gasteiger partial charge in [-0.1, -0.05) is 19.9 Å². The van der Waals surface area contributed by atoms with E-state index in [1.54, 1.807) is 0 Å². The monoisotopic (exact) mass is 315 g/mol. The van der Waals surface area contributed by atoms with Crippen LogP contribution < -0.4 is 5.32 Å². The highest BCUT2D eigenvalue weighted by Crippen LogP contribution is 2.39. The Bertz CT molecular complexity index is 629. The van der Waals surface area contributed by atoms with Crippen LogP contribution in [-0.2, 0) is 30.7 Å². The Hall–Kier alpha value is -1.55. The maximum Gasteiger partial charge on any atom is 0.140 e. The van der Waals surface area contributed by atoms with Crippen LogP contribution in [0, 0.1) is 5.41 Å². The zero-order valence-electron chi connectivity index (χ0n) is 14.9. The van der Waals surface area contributed by atoms with Gasteiger partial charge < -0.3 is 14.7 Å². The van der Waals surface area contributed by atoms with Crippen LogP contribution >= 0.6 is 0 Å². The molecule has 4 heteroatoms.